The minimum atomic E-state index is -2.40. The Bertz CT molecular complexity index is 411. The Hall–Kier alpha value is -0.820. The quantitative estimate of drug-likeness (QED) is 0.750. The van der Waals surface area contributed by atoms with E-state index in [1.807, 2.05) is 22.9 Å². The zero-order chi connectivity index (χ0) is 13.5. The van der Waals surface area contributed by atoms with E-state index >= 15 is 0 Å². The van der Waals surface area contributed by atoms with Crippen molar-refractivity contribution in [2.75, 3.05) is 19.8 Å². The third-order valence-corrected chi connectivity index (χ3v) is 4.37. The van der Waals surface area contributed by atoms with Gasteiger partial charge in [-0.3, -0.25) is 0 Å². The average Bonchev–Trinajstić information content (AvgIpc) is 3.06. The summed E-state index contributed by atoms with van der Waals surface area (Å²) in [6.07, 6.45) is -2.40. The molecule has 0 fully saturated rings. The maximum atomic E-state index is 11.9. The highest BCUT2D eigenvalue weighted by Gasteiger charge is 2.15. The maximum absolute atomic E-state index is 11.9. The smallest absolute Gasteiger partial charge is 0.261 e. The molecule has 0 unspecified atom stereocenters. The predicted octanol–water partition coefficient (Wildman–Crippen LogP) is 3.77. The lowest BCUT2D eigenvalue weighted by atomic mass is 10.2. The molecule has 0 aromatic carbocycles. The van der Waals surface area contributed by atoms with Gasteiger partial charge >= 0.3 is 0 Å². The summed E-state index contributed by atoms with van der Waals surface area (Å²) in [6, 6.07) is 8.28. The van der Waals surface area contributed by atoms with Crippen LogP contribution in [0.15, 0.2) is 35.0 Å². The van der Waals surface area contributed by atoms with Crippen LogP contribution in [0, 0.1) is 0 Å². The van der Waals surface area contributed by atoms with Crippen molar-refractivity contribution in [2.45, 2.75) is 12.5 Å². The standard InChI is InChI=1S/C13H15F2NOS2/c14-12(15)9-17-6-5-16-13(10-3-1-7-18-10)11-4-2-8-19-11/h1-4,7-8,12-13,16H,5-6,9H2. The molecule has 0 bridgehead atoms. The van der Waals surface area contributed by atoms with Gasteiger partial charge in [0.05, 0.1) is 12.6 Å². The maximum Gasteiger partial charge on any atom is 0.261 e. The van der Waals surface area contributed by atoms with Crippen molar-refractivity contribution < 1.29 is 13.5 Å². The highest BCUT2D eigenvalue weighted by Crippen LogP contribution is 2.28. The van der Waals surface area contributed by atoms with E-state index in [1.165, 1.54) is 9.75 Å². The molecule has 0 saturated carbocycles. The molecule has 1 N–H and O–H groups in total. The van der Waals surface area contributed by atoms with Gasteiger partial charge in [0.2, 0.25) is 0 Å². The number of rotatable bonds is 8. The Morgan fingerprint density at radius 2 is 1.74 bits per heavy atom. The van der Waals surface area contributed by atoms with Crippen LogP contribution in [0.3, 0.4) is 0 Å². The van der Waals surface area contributed by atoms with Gasteiger partial charge in [-0.15, -0.1) is 22.7 Å². The van der Waals surface area contributed by atoms with Crippen LogP contribution in [-0.2, 0) is 4.74 Å². The highest BCUT2D eigenvalue weighted by atomic mass is 32.1. The number of alkyl halides is 2. The summed E-state index contributed by atoms with van der Waals surface area (Å²) in [6.45, 7) is 0.342. The van der Waals surface area contributed by atoms with E-state index in [0.717, 1.165) is 0 Å². The fraction of sp³-hybridized carbons (Fsp3) is 0.385. The van der Waals surface area contributed by atoms with Crippen molar-refractivity contribution in [1.29, 1.82) is 0 Å². The first-order chi connectivity index (χ1) is 9.27. The Kier molecular flexibility index (Phi) is 5.91. The molecule has 2 heterocycles. The molecule has 0 saturated heterocycles. The molecule has 0 aliphatic rings. The first kappa shape index (κ1) is 14.6. The van der Waals surface area contributed by atoms with E-state index in [1.54, 1.807) is 22.7 Å². The van der Waals surface area contributed by atoms with Crippen LogP contribution in [0.4, 0.5) is 8.78 Å². The van der Waals surface area contributed by atoms with Crippen molar-refractivity contribution in [3.8, 4) is 0 Å². The van der Waals surface area contributed by atoms with Crippen LogP contribution < -0.4 is 5.32 Å². The zero-order valence-corrected chi connectivity index (χ0v) is 11.9. The summed E-state index contributed by atoms with van der Waals surface area (Å²) in [5.41, 5.74) is 0. The lowest BCUT2D eigenvalue weighted by Gasteiger charge is -2.16. The van der Waals surface area contributed by atoms with Crippen molar-refractivity contribution in [3.05, 3.63) is 44.8 Å². The average molecular weight is 303 g/mol. The Morgan fingerprint density at radius 1 is 1.11 bits per heavy atom. The van der Waals surface area contributed by atoms with Gasteiger partial charge in [-0.25, -0.2) is 8.78 Å². The van der Waals surface area contributed by atoms with E-state index in [0.29, 0.717) is 6.54 Å². The van der Waals surface area contributed by atoms with Gasteiger partial charge in [-0.2, -0.15) is 0 Å². The van der Waals surface area contributed by atoms with Crippen molar-refractivity contribution in [3.63, 3.8) is 0 Å². The van der Waals surface area contributed by atoms with E-state index in [4.69, 9.17) is 4.74 Å². The molecule has 2 aromatic rings. The highest BCUT2D eigenvalue weighted by molar-refractivity contribution is 7.11. The molecular formula is C13H15F2NOS2. The van der Waals surface area contributed by atoms with Crippen molar-refractivity contribution in [1.82, 2.24) is 5.32 Å². The predicted molar refractivity (Wildman–Crippen MR) is 75.3 cm³/mol. The van der Waals surface area contributed by atoms with Crippen molar-refractivity contribution >= 4 is 22.7 Å². The van der Waals surface area contributed by atoms with Gasteiger partial charge in [-0.05, 0) is 22.9 Å². The number of halogens is 2. The van der Waals surface area contributed by atoms with E-state index < -0.39 is 13.0 Å². The van der Waals surface area contributed by atoms with Crippen molar-refractivity contribution in [2.24, 2.45) is 0 Å². The molecule has 2 aromatic heterocycles. The first-order valence-corrected chi connectivity index (χ1v) is 7.69. The number of nitrogens with one attached hydrogen (secondary N) is 1. The Labute approximate surface area is 119 Å². The molecule has 0 amide bonds. The summed E-state index contributed by atoms with van der Waals surface area (Å²) < 4.78 is 28.7. The lowest BCUT2D eigenvalue weighted by Crippen LogP contribution is -2.25. The van der Waals surface area contributed by atoms with Gasteiger partial charge in [0.15, 0.2) is 0 Å². The SMILES string of the molecule is FC(F)COCCNC(c1cccs1)c1cccs1. The monoisotopic (exact) mass is 303 g/mol. The zero-order valence-electron chi connectivity index (χ0n) is 10.2. The third-order valence-electron chi connectivity index (χ3n) is 2.49. The van der Waals surface area contributed by atoms with E-state index in [2.05, 4.69) is 17.4 Å². The van der Waals surface area contributed by atoms with Crippen LogP contribution in [0.5, 0.6) is 0 Å². The third kappa shape index (κ3) is 4.65. The van der Waals surface area contributed by atoms with Crippen LogP contribution in [0.1, 0.15) is 15.8 Å². The molecule has 0 aliphatic carbocycles. The van der Waals surface area contributed by atoms with Crippen LogP contribution >= 0.6 is 22.7 Å². The van der Waals surface area contributed by atoms with Crippen LogP contribution in [0.2, 0.25) is 0 Å². The summed E-state index contributed by atoms with van der Waals surface area (Å²) in [4.78, 5) is 2.44. The molecular weight excluding hydrogens is 288 g/mol. The largest absolute Gasteiger partial charge is 0.374 e. The fourth-order valence-electron chi connectivity index (χ4n) is 1.70. The topological polar surface area (TPSA) is 21.3 Å². The van der Waals surface area contributed by atoms with Gasteiger partial charge in [0.1, 0.15) is 6.61 Å². The number of ether oxygens (including phenoxy) is 1. The van der Waals surface area contributed by atoms with Gasteiger partial charge in [0, 0.05) is 16.3 Å². The number of thiophene rings is 2. The van der Waals surface area contributed by atoms with Gasteiger partial charge in [0.25, 0.3) is 6.43 Å². The first-order valence-electron chi connectivity index (χ1n) is 5.93. The Balaban J connectivity index is 1.86. The molecule has 2 rings (SSSR count). The number of hydrogen-bond acceptors (Lipinski definition) is 4. The second kappa shape index (κ2) is 7.69. The van der Waals surface area contributed by atoms with Gasteiger partial charge in [-0.1, -0.05) is 12.1 Å². The molecule has 19 heavy (non-hydrogen) atoms. The minimum Gasteiger partial charge on any atom is -0.374 e. The molecule has 104 valence electrons. The second-order valence-electron chi connectivity index (χ2n) is 3.88. The van der Waals surface area contributed by atoms with E-state index in [9.17, 15) is 8.78 Å². The Morgan fingerprint density at radius 3 is 2.21 bits per heavy atom. The molecule has 0 atom stereocenters. The lowest BCUT2D eigenvalue weighted by molar-refractivity contribution is 0.0184. The fourth-order valence-corrected chi connectivity index (χ4v) is 3.41. The molecule has 0 aliphatic heterocycles. The summed E-state index contributed by atoms with van der Waals surface area (Å²) in [7, 11) is 0. The molecule has 0 spiro atoms. The summed E-state index contributed by atoms with van der Waals surface area (Å²) in [5, 5.41) is 7.41. The molecule has 0 radical (unpaired) electrons. The summed E-state index contributed by atoms with van der Waals surface area (Å²) in [5.74, 6) is 0. The van der Waals surface area contributed by atoms with E-state index in [-0.39, 0.29) is 12.6 Å². The normalized spacial score (nSPS) is 11.6. The van der Waals surface area contributed by atoms with Gasteiger partial charge < -0.3 is 10.1 Å². The minimum absolute atomic E-state index is 0.121. The van der Waals surface area contributed by atoms with Crippen LogP contribution in [-0.4, -0.2) is 26.2 Å². The molecule has 6 heteroatoms. The molecule has 2 nitrogen and oxygen atoms in total. The second-order valence-corrected chi connectivity index (χ2v) is 5.84. The summed E-state index contributed by atoms with van der Waals surface area (Å²) >= 11 is 3.36. The van der Waals surface area contributed by atoms with Crippen LogP contribution in [0.25, 0.3) is 0 Å². The number of hydrogen-bond donors (Lipinski definition) is 1.